The molecule has 0 unspecified atom stereocenters. The van der Waals surface area contributed by atoms with Crippen molar-refractivity contribution in [3.8, 4) is 0 Å². The fraction of sp³-hybridized carbons (Fsp3) is 0.500. The average molecular weight is 281 g/mol. The molecule has 1 aromatic carbocycles. The maximum Gasteiger partial charge on any atom is 0.173 e. The van der Waals surface area contributed by atoms with Crippen molar-refractivity contribution in [1.29, 1.82) is 0 Å². The van der Waals surface area contributed by atoms with Crippen LogP contribution in [-0.4, -0.2) is 40.7 Å². The lowest BCUT2D eigenvalue weighted by molar-refractivity contribution is 0.0272. The van der Waals surface area contributed by atoms with Gasteiger partial charge in [0.05, 0.1) is 11.7 Å². The van der Waals surface area contributed by atoms with Crippen LogP contribution < -0.4 is 5.73 Å². The SMILES string of the molecule is CN(Cc1cccc(/C(N)=N/O)c1F)CC1CC(O)C1. The lowest BCUT2D eigenvalue weighted by Crippen LogP contribution is -2.37. The third kappa shape index (κ3) is 3.26. The molecule has 1 aromatic rings. The van der Waals surface area contributed by atoms with Crippen LogP contribution in [-0.2, 0) is 6.54 Å². The molecule has 2 rings (SSSR count). The van der Waals surface area contributed by atoms with Gasteiger partial charge in [0, 0.05) is 18.7 Å². The molecule has 4 N–H and O–H groups in total. The van der Waals surface area contributed by atoms with Gasteiger partial charge in [-0.1, -0.05) is 17.3 Å². The zero-order valence-corrected chi connectivity index (χ0v) is 11.5. The Morgan fingerprint density at radius 2 is 2.20 bits per heavy atom. The monoisotopic (exact) mass is 281 g/mol. The summed E-state index contributed by atoms with van der Waals surface area (Å²) in [5.74, 6) is -0.206. The number of nitrogens with two attached hydrogens (primary N) is 1. The largest absolute Gasteiger partial charge is 0.409 e. The molecule has 20 heavy (non-hydrogen) atoms. The Kier molecular flexibility index (Phi) is 4.57. The van der Waals surface area contributed by atoms with E-state index in [0.717, 1.165) is 19.4 Å². The minimum atomic E-state index is -0.455. The number of rotatable bonds is 5. The first-order chi connectivity index (χ1) is 9.51. The number of hydrogen-bond donors (Lipinski definition) is 3. The second kappa shape index (κ2) is 6.19. The Bertz CT molecular complexity index is 501. The topological polar surface area (TPSA) is 82.1 Å². The normalized spacial score (nSPS) is 22.9. The second-order valence-electron chi connectivity index (χ2n) is 5.45. The molecular weight excluding hydrogens is 261 g/mol. The maximum atomic E-state index is 14.2. The van der Waals surface area contributed by atoms with Crippen LogP contribution in [0.4, 0.5) is 4.39 Å². The van der Waals surface area contributed by atoms with Crippen LogP contribution in [0, 0.1) is 11.7 Å². The number of hydrogen-bond acceptors (Lipinski definition) is 4. The summed E-state index contributed by atoms with van der Waals surface area (Å²) in [5, 5.41) is 20.7. The molecule has 0 radical (unpaired) electrons. The highest BCUT2D eigenvalue weighted by Crippen LogP contribution is 2.28. The first-order valence-electron chi connectivity index (χ1n) is 6.63. The fourth-order valence-corrected chi connectivity index (χ4v) is 2.60. The van der Waals surface area contributed by atoms with E-state index < -0.39 is 5.82 Å². The molecule has 0 heterocycles. The number of amidine groups is 1. The van der Waals surface area contributed by atoms with Crippen molar-refractivity contribution < 1.29 is 14.7 Å². The highest BCUT2D eigenvalue weighted by Gasteiger charge is 2.28. The smallest absolute Gasteiger partial charge is 0.173 e. The van der Waals surface area contributed by atoms with Gasteiger partial charge in [0.2, 0.25) is 0 Å². The van der Waals surface area contributed by atoms with E-state index in [1.54, 1.807) is 12.1 Å². The lowest BCUT2D eigenvalue weighted by Gasteiger charge is -2.34. The lowest BCUT2D eigenvalue weighted by atomic mass is 9.82. The van der Waals surface area contributed by atoms with Gasteiger partial charge in [-0.05, 0) is 31.9 Å². The molecule has 110 valence electrons. The van der Waals surface area contributed by atoms with E-state index in [2.05, 4.69) is 5.16 Å². The molecule has 0 saturated heterocycles. The van der Waals surface area contributed by atoms with Gasteiger partial charge in [-0.15, -0.1) is 0 Å². The predicted molar refractivity (Wildman–Crippen MR) is 74.0 cm³/mol. The maximum absolute atomic E-state index is 14.2. The van der Waals surface area contributed by atoms with Crippen LogP contribution >= 0.6 is 0 Å². The molecule has 5 nitrogen and oxygen atoms in total. The van der Waals surface area contributed by atoms with E-state index >= 15 is 0 Å². The van der Waals surface area contributed by atoms with Gasteiger partial charge in [0.1, 0.15) is 5.82 Å². The van der Waals surface area contributed by atoms with Gasteiger partial charge in [0.25, 0.3) is 0 Å². The summed E-state index contributed by atoms with van der Waals surface area (Å²) in [5.41, 5.74) is 6.06. The van der Waals surface area contributed by atoms with E-state index in [9.17, 15) is 9.50 Å². The molecule has 1 aliphatic carbocycles. The molecule has 0 amide bonds. The van der Waals surface area contributed by atoms with Crippen LogP contribution in [0.5, 0.6) is 0 Å². The van der Waals surface area contributed by atoms with Crippen LogP contribution in [0.15, 0.2) is 23.4 Å². The Morgan fingerprint density at radius 3 is 2.80 bits per heavy atom. The molecule has 6 heteroatoms. The Hall–Kier alpha value is -1.66. The van der Waals surface area contributed by atoms with Crippen molar-refractivity contribution in [2.75, 3.05) is 13.6 Å². The third-order valence-electron chi connectivity index (χ3n) is 3.68. The standard InChI is InChI=1S/C14H20FN3O2/c1-18(7-9-5-11(19)6-9)8-10-3-2-4-12(13(10)15)14(16)17-20/h2-4,9,11,19-20H,5-8H2,1H3,(H2,16,17). The average Bonchev–Trinajstić information content (AvgIpc) is 2.38. The van der Waals surface area contributed by atoms with Gasteiger partial charge < -0.3 is 20.9 Å². The van der Waals surface area contributed by atoms with Crippen LogP contribution in [0.2, 0.25) is 0 Å². The minimum absolute atomic E-state index is 0.109. The number of aliphatic hydroxyl groups is 1. The molecule has 0 bridgehead atoms. The molecule has 1 saturated carbocycles. The summed E-state index contributed by atoms with van der Waals surface area (Å²) in [4.78, 5) is 2.02. The number of halogens is 1. The molecule has 0 aromatic heterocycles. The highest BCUT2D eigenvalue weighted by atomic mass is 19.1. The summed E-state index contributed by atoms with van der Waals surface area (Å²) < 4.78 is 14.2. The Labute approximate surface area is 117 Å². The van der Waals surface area contributed by atoms with E-state index in [4.69, 9.17) is 10.9 Å². The summed E-state index contributed by atoms with van der Waals surface area (Å²) >= 11 is 0. The Morgan fingerprint density at radius 1 is 1.50 bits per heavy atom. The van der Waals surface area contributed by atoms with Crippen molar-refractivity contribution >= 4 is 5.84 Å². The summed E-state index contributed by atoms with van der Waals surface area (Å²) in [6.45, 7) is 1.27. The van der Waals surface area contributed by atoms with Gasteiger partial charge in [-0.2, -0.15) is 0 Å². The van der Waals surface area contributed by atoms with E-state index in [1.165, 1.54) is 6.07 Å². The van der Waals surface area contributed by atoms with Crippen molar-refractivity contribution in [3.63, 3.8) is 0 Å². The molecule has 0 aliphatic heterocycles. The van der Waals surface area contributed by atoms with Gasteiger partial charge in [0.15, 0.2) is 5.84 Å². The first-order valence-corrected chi connectivity index (χ1v) is 6.63. The number of benzene rings is 1. The molecule has 0 atom stereocenters. The van der Waals surface area contributed by atoms with Crippen LogP contribution in [0.25, 0.3) is 0 Å². The van der Waals surface area contributed by atoms with Crippen molar-refractivity contribution in [3.05, 3.63) is 35.1 Å². The summed E-state index contributed by atoms with van der Waals surface area (Å²) in [7, 11) is 1.92. The number of nitrogens with zero attached hydrogens (tertiary/aromatic N) is 2. The second-order valence-corrected chi connectivity index (χ2v) is 5.45. The van der Waals surface area contributed by atoms with E-state index in [1.807, 2.05) is 11.9 Å². The van der Waals surface area contributed by atoms with Gasteiger partial charge in [-0.25, -0.2) is 4.39 Å². The minimum Gasteiger partial charge on any atom is -0.409 e. The molecule has 0 spiro atoms. The van der Waals surface area contributed by atoms with Gasteiger partial charge in [-0.3, -0.25) is 0 Å². The Balaban J connectivity index is 2.02. The molecule has 1 aliphatic rings. The van der Waals surface area contributed by atoms with Crippen molar-refractivity contribution in [2.24, 2.45) is 16.8 Å². The summed E-state index contributed by atoms with van der Waals surface area (Å²) in [6.07, 6.45) is 1.46. The van der Waals surface area contributed by atoms with Crippen LogP contribution in [0.1, 0.15) is 24.0 Å². The van der Waals surface area contributed by atoms with Crippen LogP contribution in [0.3, 0.4) is 0 Å². The van der Waals surface area contributed by atoms with E-state index in [0.29, 0.717) is 18.0 Å². The van der Waals surface area contributed by atoms with Crippen molar-refractivity contribution in [1.82, 2.24) is 4.90 Å². The number of oxime groups is 1. The molecule has 1 fully saturated rings. The molecular formula is C14H20FN3O2. The fourth-order valence-electron chi connectivity index (χ4n) is 2.60. The zero-order valence-electron chi connectivity index (χ0n) is 11.5. The predicted octanol–water partition coefficient (Wildman–Crippen LogP) is 1.12. The van der Waals surface area contributed by atoms with Crippen molar-refractivity contribution in [2.45, 2.75) is 25.5 Å². The first kappa shape index (κ1) is 14.7. The number of aliphatic hydroxyl groups excluding tert-OH is 1. The highest BCUT2D eigenvalue weighted by molar-refractivity contribution is 5.97. The zero-order chi connectivity index (χ0) is 14.7. The van der Waals surface area contributed by atoms with E-state index in [-0.39, 0.29) is 17.5 Å². The summed E-state index contributed by atoms with van der Waals surface area (Å²) in [6, 6.07) is 4.86. The quantitative estimate of drug-likeness (QED) is 0.327. The van der Waals surface area contributed by atoms with Gasteiger partial charge >= 0.3 is 0 Å². The third-order valence-corrected chi connectivity index (χ3v) is 3.68.